The van der Waals surface area contributed by atoms with Crippen molar-refractivity contribution in [1.29, 1.82) is 0 Å². The SMILES string of the molecule is CC(C)(C)NC(=O)CN1CCC(CNC(=O)c2cc(Cl)cc(Cl)c2)C(F)C1. The third-order valence-electron chi connectivity index (χ3n) is 4.29. The topological polar surface area (TPSA) is 61.4 Å². The fraction of sp³-hybridized carbons (Fsp3) is 0.579. The normalized spacial score (nSPS) is 21.0. The molecule has 27 heavy (non-hydrogen) atoms. The minimum Gasteiger partial charge on any atom is -0.352 e. The molecule has 1 aromatic carbocycles. The van der Waals surface area contributed by atoms with Crippen molar-refractivity contribution in [3.05, 3.63) is 33.8 Å². The molecule has 1 aliphatic rings. The summed E-state index contributed by atoms with van der Waals surface area (Å²) in [4.78, 5) is 26.0. The Kier molecular flexibility index (Phi) is 7.48. The quantitative estimate of drug-likeness (QED) is 0.772. The number of likely N-dealkylation sites (tertiary alicyclic amines) is 1. The lowest BCUT2D eigenvalue weighted by Crippen LogP contribution is -2.51. The first-order valence-electron chi connectivity index (χ1n) is 8.95. The number of rotatable bonds is 5. The molecule has 2 unspecified atom stereocenters. The Morgan fingerprint density at radius 2 is 1.85 bits per heavy atom. The Morgan fingerprint density at radius 3 is 2.41 bits per heavy atom. The molecule has 0 spiro atoms. The third kappa shape index (κ3) is 7.28. The zero-order valence-corrected chi connectivity index (χ0v) is 17.3. The summed E-state index contributed by atoms with van der Waals surface area (Å²) >= 11 is 11.8. The molecule has 2 N–H and O–H groups in total. The first-order valence-corrected chi connectivity index (χ1v) is 9.71. The second-order valence-corrected chi connectivity index (χ2v) is 8.84. The van der Waals surface area contributed by atoms with Crippen LogP contribution in [0.1, 0.15) is 37.6 Å². The van der Waals surface area contributed by atoms with E-state index in [1.54, 1.807) is 11.0 Å². The van der Waals surface area contributed by atoms with E-state index in [9.17, 15) is 14.0 Å². The van der Waals surface area contributed by atoms with Gasteiger partial charge in [0, 0.05) is 40.2 Å². The maximum atomic E-state index is 14.5. The molecule has 0 radical (unpaired) electrons. The Hall–Kier alpha value is -1.37. The summed E-state index contributed by atoms with van der Waals surface area (Å²) in [7, 11) is 0. The van der Waals surface area contributed by atoms with Crippen LogP contribution in [0.3, 0.4) is 0 Å². The number of nitrogens with zero attached hydrogens (tertiary/aromatic N) is 1. The molecule has 5 nitrogen and oxygen atoms in total. The number of hydrogen-bond donors (Lipinski definition) is 2. The van der Waals surface area contributed by atoms with Crippen LogP contribution in [0, 0.1) is 5.92 Å². The number of benzene rings is 1. The van der Waals surface area contributed by atoms with Gasteiger partial charge in [-0.25, -0.2) is 4.39 Å². The molecule has 1 fully saturated rings. The summed E-state index contributed by atoms with van der Waals surface area (Å²) in [6, 6.07) is 4.58. The molecule has 0 aliphatic carbocycles. The van der Waals surface area contributed by atoms with Crippen LogP contribution in [-0.4, -0.2) is 54.6 Å². The number of nitrogens with one attached hydrogen (secondary N) is 2. The first kappa shape index (κ1) is 21.9. The summed E-state index contributed by atoms with van der Waals surface area (Å²) < 4.78 is 14.5. The molecule has 0 bridgehead atoms. The number of halogens is 3. The second-order valence-electron chi connectivity index (χ2n) is 7.97. The molecule has 0 aromatic heterocycles. The zero-order valence-electron chi connectivity index (χ0n) is 15.8. The Balaban J connectivity index is 1.81. The predicted molar refractivity (Wildman–Crippen MR) is 106 cm³/mol. The van der Waals surface area contributed by atoms with E-state index >= 15 is 0 Å². The van der Waals surface area contributed by atoms with Crippen LogP contribution in [0.5, 0.6) is 0 Å². The van der Waals surface area contributed by atoms with Crippen molar-refractivity contribution in [2.45, 2.75) is 38.9 Å². The highest BCUT2D eigenvalue weighted by Gasteiger charge is 2.30. The van der Waals surface area contributed by atoms with E-state index in [1.165, 1.54) is 12.1 Å². The predicted octanol–water partition coefficient (Wildman–Crippen LogP) is 3.30. The number of carbonyl (C=O) groups excluding carboxylic acids is 2. The lowest BCUT2D eigenvalue weighted by Gasteiger charge is -2.35. The van der Waals surface area contributed by atoms with Crippen LogP contribution >= 0.6 is 23.2 Å². The lowest BCUT2D eigenvalue weighted by atomic mass is 9.94. The van der Waals surface area contributed by atoms with Crippen LogP contribution < -0.4 is 10.6 Å². The summed E-state index contributed by atoms with van der Waals surface area (Å²) in [5.74, 6) is -0.733. The molecule has 1 aliphatic heterocycles. The maximum absolute atomic E-state index is 14.5. The second kappa shape index (κ2) is 9.22. The first-order chi connectivity index (χ1) is 12.5. The van der Waals surface area contributed by atoms with E-state index in [0.29, 0.717) is 28.6 Å². The van der Waals surface area contributed by atoms with Gasteiger partial charge >= 0.3 is 0 Å². The molecule has 150 valence electrons. The van der Waals surface area contributed by atoms with E-state index in [4.69, 9.17) is 23.2 Å². The third-order valence-corrected chi connectivity index (χ3v) is 4.73. The zero-order chi connectivity index (χ0) is 20.2. The summed E-state index contributed by atoms with van der Waals surface area (Å²) in [6.45, 7) is 6.92. The molecular formula is C19H26Cl2FN3O2. The van der Waals surface area contributed by atoms with Gasteiger partial charge in [0.25, 0.3) is 5.91 Å². The molecule has 1 aromatic rings. The van der Waals surface area contributed by atoms with Gasteiger partial charge in [0.15, 0.2) is 0 Å². The smallest absolute Gasteiger partial charge is 0.251 e. The fourth-order valence-electron chi connectivity index (χ4n) is 3.06. The van der Waals surface area contributed by atoms with Gasteiger partial charge in [-0.05, 0) is 51.9 Å². The van der Waals surface area contributed by atoms with Crippen molar-refractivity contribution in [3.63, 3.8) is 0 Å². The average molecular weight is 418 g/mol. The van der Waals surface area contributed by atoms with Gasteiger partial charge in [0.2, 0.25) is 5.91 Å². The number of piperidine rings is 1. The van der Waals surface area contributed by atoms with Crippen molar-refractivity contribution >= 4 is 35.0 Å². The highest BCUT2D eigenvalue weighted by Crippen LogP contribution is 2.21. The average Bonchev–Trinajstić information content (AvgIpc) is 2.51. The minimum absolute atomic E-state index is 0.112. The highest BCUT2D eigenvalue weighted by atomic mass is 35.5. The Morgan fingerprint density at radius 1 is 1.22 bits per heavy atom. The number of carbonyl (C=O) groups is 2. The molecule has 0 saturated carbocycles. The van der Waals surface area contributed by atoms with E-state index in [-0.39, 0.29) is 42.9 Å². The Labute approximate surface area is 169 Å². The number of alkyl halides is 1. The fourth-order valence-corrected chi connectivity index (χ4v) is 3.59. The molecule has 2 rings (SSSR count). The standard InChI is InChI=1S/C19H26Cl2FN3O2/c1-19(2,3)24-17(26)11-25-5-4-12(16(22)10-25)9-23-18(27)13-6-14(20)8-15(21)7-13/h6-8,12,16H,4-5,9-11H2,1-3H3,(H,23,27)(H,24,26). The largest absolute Gasteiger partial charge is 0.352 e. The summed E-state index contributed by atoms with van der Waals surface area (Å²) in [6.07, 6.45) is -0.537. The minimum atomic E-state index is -1.11. The van der Waals surface area contributed by atoms with Gasteiger partial charge in [-0.3, -0.25) is 14.5 Å². The highest BCUT2D eigenvalue weighted by molar-refractivity contribution is 6.35. The lowest BCUT2D eigenvalue weighted by molar-refractivity contribution is -0.124. The molecule has 1 saturated heterocycles. The van der Waals surface area contributed by atoms with Gasteiger partial charge in [0.05, 0.1) is 6.54 Å². The number of hydrogen-bond acceptors (Lipinski definition) is 3. The van der Waals surface area contributed by atoms with Crippen LogP contribution in [-0.2, 0) is 4.79 Å². The monoisotopic (exact) mass is 417 g/mol. The van der Waals surface area contributed by atoms with E-state index in [0.717, 1.165) is 0 Å². The molecule has 8 heteroatoms. The maximum Gasteiger partial charge on any atom is 0.251 e. The summed E-state index contributed by atoms with van der Waals surface area (Å²) in [5.41, 5.74) is 0.0390. The molecular weight excluding hydrogens is 392 g/mol. The van der Waals surface area contributed by atoms with Crippen LogP contribution in [0.4, 0.5) is 4.39 Å². The van der Waals surface area contributed by atoms with Gasteiger partial charge in [-0.2, -0.15) is 0 Å². The van der Waals surface area contributed by atoms with Crippen LogP contribution in [0.15, 0.2) is 18.2 Å². The van der Waals surface area contributed by atoms with Crippen LogP contribution in [0.2, 0.25) is 10.0 Å². The van der Waals surface area contributed by atoms with Gasteiger partial charge in [-0.1, -0.05) is 23.2 Å². The van der Waals surface area contributed by atoms with Gasteiger partial charge < -0.3 is 10.6 Å². The Bertz CT molecular complexity index is 674. The van der Waals surface area contributed by atoms with E-state index in [1.807, 2.05) is 20.8 Å². The molecule has 1 heterocycles. The summed E-state index contributed by atoms with van der Waals surface area (Å²) in [5, 5.41) is 6.37. The molecule has 2 atom stereocenters. The van der Waals surface area contributed by atoms with Crippen LogP contribution in [0.25, 0.3) is 0 Å². The van der Waals surface area contributed by atoms with Crippen molar-refractivity contribution in [2.24, 2.45) is 5.92 Å². The van der Waals surface area contributed by atoms with Crippen molar-refractivity contribution in [3.8, 4) is 0 Å². The molecule has 2 amide bonds. The van der Waals surface area contributed by atoms with E-state index < -0.39 is 6.17 Å². The van der Waals surface area contributed by atoms with Gasteiger partial charge in [-0.15, -0.1) is 0 Å². The van der Waals surface area contributed by atoms with Crippen molar-refractivity contribution < 1.29 is 14.0 Å². The number of amides is 2. The van der Waals surface area contributed by atoms with E-state index in [2.05, 4.69) is 10.6 Å². The van der Waals surface area contributed by atoms with Crippen molar-refractivity contribution in [1.82, 2.24) is 15.5 Å². The van der Waals surface area contributed by atoms with Crippen molar-refractivity contribution in [2.75, 3.05) is 26.2 Å². The van der Waals surface area contributed by atoms with Gasteiger partial charge in [0.1, 0.15) is 6.17 Å².